The van der Waals surface area contributed by atoms with Crippen molar-refractivity contribution >= 4 is 17.7 Å². The molecule has 0 heterocycles. The van der Waals surface area contributed by atoms with Gasteiger partial charge in [-0.3, -0.25) is 14.4 Å². The highest BCUT2D eigenvalue weighted by atomic mass is 19.1. The van der Waals surface area contributed by atoms with Crippen molar-refractivity contribution in [2.45, 2.75) is 112 Å². The van der Waals surface area contributed by atoms with Crippen LogP contribution in [0.3, 0.4) is 0 Å². The maximum absolute atomic E-state index is 13.6. The number of ether oxygens (including phenoxy) is 2. The molecule has 0 bridgehead atoms. The monoisotopic (exact) mass is 584 g/mol. The number of carbonyl (C=O) groups excluding carboxylic acids is 3. The number of hydrogen-bond acceptors (Lipinski definition) is 5. The Kier molecular flexibility index (Phi) is 9.60. The molecule has 4 rings (SSSR count). The molecule has 4 aliphatic rings. The van der Waals surface area contributed by atoms with Crippen molar-refractivity contribution in [3.05, 3.63) is 0 Å². The Bertz CT molecular complexity index is 976. The summed E-state index contributed by atoms with van der Waals surface area (Å²) in [6.07, 6.45) is 6.90. The largest absolute Gasteiger partial charge is 0.463 e. The van der Waals surface area contributed by atoms with E-state index >= 15 is 0 Å². The van der Waals surface area contributed by atoms with Gasteiger partial charge in [0.05, 0.1) is 0 Å². The van der Waals surface area contributed by atoms with Gasteiger partial charge in [-0.25, -0.2) is 13.2 Å². The van der Waals surface area contributed by atoms with Crippen LogP contribution in [-0.4, -0.2) is 50.0 Å². The van der Waals surface area contributed by atoms with Crippen LogP contribution in [0, 0.1) is 57.7 Å². The molecule has 0 spiro atoms. The van der Waals surface area contributed by atoms with Gasteiger partial charge in [0.15, 0.2) is 0 Å². The second-order valence-electron chi connectivity index (χ2n) is 14.6. The van der Waals surface area contributed by atoms with Gasteiger partial charge in [0.2, 0.25) is 0 Å². The summed E-state index contributed by atoms with van der Waals surface area (Å²) in [6.45, 7) is 7.85. The number of Topliss-reactive ketones (excluding diaryl/α,β-unsaturated/α-hetero) is 1. The third-order valence-corrected chi connectivity index (χ3v) is 12.6. The molecule has 0 N–H and O–H groups in total. The van der Waals surface area contributed by atoms with Gasteiger partial charge in [0.25, 0.3) is 0 Å². The lowest BCUT2D eigenvalue weighted by Crippen LogP contribution is -2.63. The minimum Gasteiger partial charge on any atom is -0.463 e. The molecular formula is C33H51F3O5. The summed E-state index contributed by atoms with van der Waals surface area (Å²) in [4.78, 5) is 37.3. The molecule has 0 aromatic rings. The van der Waals surface area contributed by atoms with E-state index in [9.17, 15) is 27.6 Å². The Morgan fingerprint density at radius 3 is 2.00 bits per heavy atom. The molecule has 0 aromatic carbocycles. The second-order valence-corrected chi connectivity index (χ2v) is 14.6. The van der Waals surface area contributed by atoms with Crippen LogP contribution in [-0.2, 0) is 23.9 Å². The maximum Gasteiger partial charge on any atom is 0.302 e. The van der Waals surface area contributed by atoms with E-state index in [1.165, 1.54) is 13.8 Å². The van der Waals surface area contributed by atoms with Gasteiger partial charge in [0.1, 0.15) is 43.4 Å². The first-order valence-corrected chi connectivity index (χ1v) is 15.9. The van der Waals surface area contributed by atoms with Gasteiger partial charge < -0.3 is 9.47 Å². The highest BCUT2D eigenvalue weighted by Gasteiger charge is 2.66. The van der Waals surface area contributed by atoms with Crippen molar-refractivity contribution in [2.24, 2.45) is 57.7 Å². The molecule has 4 fully saturated rings. The van der Waals surface area contributed by atoms with Gasteiger partial charge in [-0.1, -0.05) is 27.7 Å². The SMILES string of the molecule is CC[C@H]1[C@@H](OC(C)=O)[C@@H]2[C@H](CC[C@]3(C)[C@@H]([C@H](C)CC(=O)C(CF)(CF)CF)CC[C@@H]23)[C@@]2(C)CC[C@@H](OC(C)=O)C[C@@H]12. The van der Waals surface area contributed by atoms with Crippen molar-refractivity contribution in [3.63, 3.8) is 0 Å². The van der Waals surface area contributed by atoms with Crippen LogP contribution in [0.15, 0.2) is 0 Å². The lowest BCUT2D eigenvalue weighted by atomic mass is 9.41. The first-order valence-electron chi connectivity index (χ1n) is 15.9. The number of hydrogen-bond donors (Lipinski definition) is 0. The highest BCUT2D eigenvalue weighted by molar-refractivity contribution is 5.85. The number of rotatable bonds is 10. The third kappa shape index (κ3) is 5.47. The van der Waals surface area contributed by atoms with E-state index in [0.717, 1.165) is 51.4 Å². The van der Waals surface area contributed by atoms with E-state index in [1.54, 1.807) is 0 Å². The molecule has 11 atom stereocenters. The molecule has 0 aromatic heterocycles. The summed E-state index contributed by atoms with van der Waals surface area (Å²) in [6, 6.07) is 0. The summed E-state index contributed by atoms with van der Waals surface area (Å²) < 4.78 is 52.8. The van der Waals surface area contributed by atoms with E-state index in [1.807, 2.05) is 6.92 Å². The van der Waals surface area contributed by atoms with Crippen molar-refractivity contribution < 1.29 is 37.0 Å². The topological polar surface area (TPSA) is 69.7 Å². The van der Waals surface area contributed by atoms with E-state index in [4.69, 9.17) is 9.47 Å². The molecule has 4 aliphatic carbocycles. The molecule has 0 amide bonds. The maximum atomic E-state index is 13.6. The normalized spacial score (nSPS) is 41.0. The minimum atomic E-state index is -2.17. The summed E-state index contributed by atoms with van der Waals surface area (Å²) >= 11 is 0. The average Bonchev–Trinajstić information content (AvgIpc) is 3.27. The lowest BCUT2D eigenvalue weighted by Gasteiger charge is -2.65. The molecule has 4 saturated carbocycles. The van der Waals surface area contributed by atoms with Gasteiger partial charge in [-0.2, -0.15) is 0 Å². The van der Waals surface area contributed by atoms with Gasteiger partial charge in [-0.05, 0) is 97.7 Å². The Balaban J connectivity index is 1.64. The zero-order valence-electron chi connectivity index (χ0n) is 25.9. The van der Waals surface area contributed by atoms with Gasteiger partial charge in [0, 0.05) is 26.2 Å². The Hall–Kier alpha value is -1.60. The second kappa shape index (κ2) is 12.2. The minimum absolute atomic E-state index is 0.0267. The first-order chi connectivity index (χ1) is 19.3. The first kappa shape index (κ1) is 32.3. The van der Waals surface area contributed by atoms with Crippen LogP contribution in [0.2, 0.25) is 0 Å². The fourth-order valence-corrected chi connectivity index (χ4v) is 10.6. The van der Waals surface area contributed by atoms with Crippen LogP contribution in [0.4, 0.5) is 13.2 Å². The van der Waals surface area contributed by atoms with E-state index < -0.39 is 31.2 Å². The predicted octanol–water partition coefficient (Wildman–Crippen LogP) is 7.24. The van der Waals surface area contributed by atoms with Crippen LogP contribution in [0.1, 0.15) is 99.3 Å². The van der Waals surface area contributed by atoms with Crippen molar-refractivity contribution in [3.8, 4) is 0 Å². The summed E-state index contributed by atoms with van der Waals surface area (Å²) in [5, 5.41) is 0. The van der Waals surface area contributed by atoms with Crippen LogP contribution >= 0.6 is 0 Å². The fourth-order valence-electron chi connectivity index (χ4n) is 10.6. The number of alkyl halides is 3. The molecule has 0 aliphatic heterocycles. The highest BCUT2D eigenvalue weighted by Crippen LogP contribution is 2.70. The Labute approximate surface area is 244 Å². The molecular weight excluding hydrogens is 533 g/mol. The number of fused-ring (bicyclic) bond motifs is 5. The molecule has 0 saturated heterocycles. The number of ketones is 1. The number of halogens is 3. The van der Waals surface area contributed by atoms with Gasteiger partial charge in [-0.15, -0.1) is 0 Å². The third-order valence-electron chi connectivity index (χ3n) is 12.6. The average molecular weight is 585 g/mol. The zero-order chi connectivity index (χ0) is 30.3. The smallest absolute Gasteiger partial charge is 0.302 e. The van der Waals surface area contributed by atoms with E-state index in [0.29, 0.717) is 11.8 Å². The standard InChI is InChI=1S/C33H51F3O5/c1-7-23-27-15-22(40-20(3)37)10-12-32(27,6)26-11-13-31(5)24(8-9-25(31)29(26)30(23)41-21(4)38)19(2)14-28(39)33(16-34,17-35)18-36/h19,22-27,29-30H,7-18H2,1-6H3/t19-,22-,23-,24-,25+,26+,27+,29+,30-,31-,32-/m1/s1. The summed E-state index contributed by atoms with van der Waals surface area (Å²) in [7, 11) is 0. The van der Waals surface area contributed by atoms with Crippen molar-refractivity contribution in [1.29, 1.82) is 0 Å². The molecule has 0 unspecified atom stereocenters. The van der Waals surface area contributed by atoms with E-state index in [2.05, 4.69) is 20.8 Å². The van der Waals surface area contributed by atoms with Crippen LogP contribution in [0.5, 0.6) is 0 Å². The Morgan fingerprint density at radius 1 is 0.854 bits per heavy atom. The predicted molar refractivity (Wildman–Crippen MR) is 150 cm³/mol. The van der Waals surface area contributed by atoms with Crippen LogP contribution < -0.4 is 0 Å². The fraction of sp³-hybridized carbons (Fsp3) is 0.909. The van der Waals surface area contributed by atoms with Gasteiger partial charge >= 0.3 is 11.9 Å². The molecule has 0 radical (unpaired) electrons. The number of carbonyl (C=O) groups is 3. The summed E-state index contributed by atoms with van der Waals surface area (Å²) in [5.41, 5.74) is -2.24. The van der Waals surface area contributed by atoms with E-state index in [-0.39, 0.29) is 71.0 Å². The molecule has 41 heavy (non-hydrogen) atoms. The number of esters is 2. The molecule has 5 nitrogen and oxygen atoms in total. The molecule has 234 valence electrons. The lowest BCUT2D eigenvalue weighted by molar-refractivity contribution is -0.219. The van der Waals surface area contributed by atoms with Crippen LogP contribution in [0.25, 0.3) is 0 Å². The van der Waals surface area contributed by atoms with Crippen molar-refractivity contribution in [2.75, 3.05) is 20.0 Å². The zero-order valence-corrected chi connectivity index (χ0v) is 25.9. The van der Waals surface area contributed by atoms with Crippen molar-refractivity contribution in [1.82, 2.24) is 0 Å². The summed E-state index contributed by atoms with van der Waals surface area (Å²) in [5.74, 6) is 0.135. The Morgan fingerprint density at radius 2 is 1.44 bits per heavy atom. The quantitative estimate of drug-likeness (QED) is 0.253. The molecule has 8 heteroatoms.